The summed E-state index contributed by atoms with van der Waals surface area (Å²) in [5, 5.41) is 0. The number of halogens is 1. The highest BCUT2D eigenvalue weighted by molar-refractivity contribution is 5.85. The van der Waals surface area contributed by atoms with Gasteiger partial charge in [-0.2, -0.15) is 0 Å². The molecule has 4 nitrogen and oxygen atoms in total. The summed E-state index contributed by atoms with van der Waals surface area (Å²) in [5.41, 5.74) is 0. The average Bonchev–Trinajstić information content (AvgIpc) is 2.92. The summed E-state index contributed by atoms with van der Waals surface area (Å²) in [4.78, 5) is 3.97. The van der Waals surface area contributed by atoms with E-state index in [1.165, 1.54) is 0 Å². The Hall–Kier alpha value is -1.94. The lowest BCUT2D eigenvalue weighted by molar-refractivity contribution is 0.326. The lowest BCUT2D eigenvalue weighted by atomic mass is 10.3. The first-order valence-corrected chi connectivity index (χ1v) is 5.76. The Morgan fingerprint density at radius 1 is 1.21 bits per heavy atom. The number of para-hydroxylation sites is 2. The third kappa shape index (κ3) is 4.67. The van der Waals surface area contributed by atoms with Gasteiger partial charge in [0, 0.05) is 18.9 Å². The molecule has 19 heavy (non-hydrogen) atoms. The Morgan fingerprint density at radius 2 is 2.00 bits per heavy atom. The van der Waals surface area contributed by atoms with E-state index in [1.54, 1.807) is 19.6 Å². The van der Waals surface area contributed by atoms with Crippen LogP contribution in [0.3, 0.4) is 0 Å². The van der Waals surface area contributed by atoms with Gasteiger partial charge in [0.1, 0.15) is 6.61 Å². The molecule has 0 saturated heterocycles. The van der Waals surface area contributed by atoms with E-state index < -0.39 is 0 Å². The molecule has 0 saturated carbocycles. The van der Waals surface area contributed by atoms with Crippen LogP contribution >= 0.6 is 12.4 Å². The largest absolute Gasteiger partial charge is 0.493 e. The minimum Gasteiger partial charge on any atom is -0.493 e. The van der Waals surface area contributed by atoms with Crippen LogP contribution in [0.4, 0.5) is 0 Å². The zero-order valence-electron chi connectivity index (χ0n) is 10.7. The number of rotatable bonds is 6. The molecule has 0 aliphatic rings. The number of methoxy groups -OCH3 is 1. The molecule has 0 fully saturated rings. The van der Waals surface area contributed by atoms with Gasteiger partial charge in [0.25, 0.3) is 0 Å². The Balaban J connectivity index is 0.00000180. The van der Waals surface area contributed by atoms with Crippen molar-refractivity contribution in [2.24, 2.45) is 0 Å². The van der Waals surface area contributed by atoms with Crippen molar-refractivity contribution in [1.29, 1.82) is 0 Å². The minimum absolute atomic E-state index is 0. The van der Waals surface area contributed by atoms with Gasteiger partial charge in [-0.15, -0.1) is 12.4 Å². The quantitative estimate of drug-likeness (QED) is 0.763. The van der Waals surface area contributed by atoms with Crippen molar-refractivity contribution in [1.82, 2.24) is 9.55 Å². The van der Waals surface area contributed by atoms with Crippen LogP contribution in [0.2, 0.25) is 0 Å². The highest BCUT2D eigenvalue weighted by Gasteiger charge is 2.00. The van der Waals surface area contributed by atoms with E-state index in [9.17, 15) is 0 Å². The summed E-state index contributed by atoms with van der Waals surface area (Å²) in [6.45, 7) is 1.32. The van der Waals surface area contributed by atoms with Crippen LogP contribution in [-0.2, 0) is 6.54 Å². The zero-order valence-corrected chi connectivity index (χ0v) is 11.5. The lowest BCUT2D eigenvalue weighted by Gasteiger charge is -2.08. The van der Waals surface area contributed by atoms with Crippen molar-refractivity contribution in [3.05, 3.63) is 55.1 Å². The summed E-state index contributed by atoms with van der Waals surface area (Å²) in [5.74, 6) is 1.51. The van der Waals surface area contributed by atoms with Gasteiger partial charge in [0.15, 0.2) is 11.5 Å². The second kappa shape index (κ2) is 8.21. The van der Waals surface area contributed by atoms with E-state index >= 15 is 0 Å². The fourth-order valence-electron chi connectivity index (χ4n) is 1.53. The van der Waals surface area contributed by atoms with Gasteiger partial charge in [-0.05, 0) is 18.2 Å². The molecule has 0 aliphatic carbocycles. The Kier molecular flexibility index (Phi) is 6.53. The monoisotopic (exact) mass is 280 g/mol. The van der Waals surface area contributed by atoms with E-state index in [0.29, 0.717) is 6.61 Å². The third-order valence-corrected chi connectivity index (χ3v) is 2.45. The summed E-state index contributed by atoms with van der Waals surface area (Å²) in [6, 6.07) is 7.61. The number of allylic oxidation sites excluding steroid dienone is 1. The van der Waals surface area contributed by atoms with Crippen molar-refractivity contribution in [2.45, 2.75) is 6.54 Å². The van der Waals surface area contributed by atoms with Gasteiger partial charge in [-0.25, -0.2) is 4.98 Å². The molecule has 0 unspecified atom stereocenters. The molecule has 1 heterocycles. The van der Waals surface area contributed by atoms with E-state index in [4.69, 9.17) is 9.47 Å². The Bertz CT molecular complexity index is 498. The smallest absolute Gasteiger partial charge is 0.161 e. The highest BCUT2D eigenvalue weighted by Crippen LogP contribution is 2.25. The molecule has 0 bridgehead atoms. The number of aromatic nitrogens is 2. The van der Waals surface area contributed by atoms with Gasteiger partial charge in [-0.3, -0.25) is 0 Å². The van der Waals surface area contributed by atoms with E-state index in [-0.39, 0.29) is 12.4 Å². The van der Waals surface area contributed by atoms with Crippen molar-refractivity contribution >= 4 is 12.4 Å². The maximum atomic E-state index is 5.61. The summed E-state index contributed by atoms with van der Waals surface area (Å²) >= 11 is 0. The van der Waals surface area contributed by atoms with Crippen LogP contribution in [0.1, 0.15) is 0 Å². The van der Waals surface area contributed by atoms with Crippen molar-refractivity contribution in [2.75, 3.05) is 13.7 Å². The van der Waals surface area contributed by atoms with Crippen LogP contribution in [0, 0.1) is 0 Å². The van der Waals surface area contributed by atoms with E-state index in [1.807, 2.05) is 47.2 Å². The zero-order chi connectivity index (χ0) is 12.6. The van der Waals surface area contributed by atoms with Crippen LogP contribution in [-0.4, -0.2) is 23.3 Å². The normalized spacial score (nSPS) is 10.2. The number of hydrogen-bond acceptors (Lipinski definition) is 3. The van der Waals surface area contributed by atoms with Crippen molar-refractivity contribution < 1.29 is 9.47 Å². The first-order valence-electron chi connectivity index (χ1n) is 5.76. The molecule has 1 aromatic heterocycles. The molecule has 0 amide bonds. The number of imidazole rings is 1. The maximum absolute atomic E-state index is 5.61. The molecule has 0 aliphatic heterocycles. The van der Waals surface area contributed by atoms with Gasteiger partial charge < -0.3 is 14.0 Å². The lowest BCUT2D eigenvalue weighted by Crippen LogP contribution is -1.97. The molecule has 0 atom stereocenters. The number of benzene rings is 1. The predicted molar refractivity (Wildman–Crippen MR) is 77.1 cm³/mol. The number of nitrogens with zero attached hydrogens (tertiary/aromatic N) is 2. The minimum atomic E-state index is 0. The van der Waals surface area contributed by atoms with Crippen LogP contribution < -0.4 is 9.47 Å². The number of ether oxygens (including phenoxy) is 2. The topological polar surface area (TPSA) is 36.3 Å². The molecule has 0 radical (unpaired) electrons. The van der Waals surface area contributed by atoms with Gasteiger partial charge >= 0.3 is 0 Å². The van der Waals surface area contributed by atoms with Crippen LogP contribution in [0.5, 0.6) is 11.5 Å². The number of hydrogen-bond donors (Lipinski definition) is 0. The highest BCUT2D eigenvalue weighted by atomic mass is 35.5. The first kappa shape index (κ1) is 15.1. The van der Waals surface area contributed by atoms with Crippen molar-refractivity contribution in [3.63, 3.8) is 0 Å². The summed E-state index contributed by atoms with van der Waals surface area (Å²) in [7, 11) is 1.64. The van der Waals surface area contributed by atoms with E-state index in [2.05, 4.69) is 4.98 Å². The summed E-state index contributed by atoms with van der Waals surface area (Å²) < 4.78 is 12.8. The third-order valence-electron chi connectivity index (χ3n) is 2.45. The SMILES string of the molecule is COc1ccccc1OC/C=C/Cn1ccnc1.Cl. The van der Waals surface area contributed by atoms with Crippen LogP contribution in [0.15, 0.2) is 55.1 Å². The maximum Gasteiger partial charge on any atom is 0.161 e. The molecule has 2 aromatic rings. The van der Waals surface area contributed by atoms with Crippen LogP contribution in [0.25, 0.3) is 0 Å². The van der Waals surface area contributed by atoms with E-state index in [0.717, 1.165) is 18.0 Å². The predicted octanol–water partition coefficient (Wildman–Crippen LogP) is 2.95. The standard InChI is InChI=1S/C14H16N2O2.ClH/c1-17-13-6-2-3-7-14(13)18-11-5-4-9-16-10-8-15-12-16;/h2-8,10,12H,9,11H2,1H3;1H/b5-4+;. The Labute approximate surface area is 119 Å². The Morgan fingerprint density at radius 3 is 2.68 bits per heavy atom. The van der Waals surface area contributed by atoms with Gasteiger partial charge in [0.2, 0.25) is 0 Å². The van der Waals surface area contributed by atoms with Gasteiger partial charge in [0.05, 0.1) is 13.4 Å². The fraction of sp³-hybridized carbons (Fsp3) is 0.214. The summed E-state index contributed by atoms with van der Waals surface area (Å²) in [6.07, 6.45) is 9.49. The molecular weight excluding hydrogens is 264 g/mol. The molecule has 1 aromatic carbocycles. The van der Waals surface area contributed by atoms with Gasteiger partial charge in [-0.1, -0.05) is 18.2 Å². The molecule has 0 N–H and O–H groups in total. The van der Waals surface area contributed by atoms with Crippen molar-refractivity contribution in [3.8, 4) is 11.5 Å². The molecule has 5 heteroatoms. The molecule has 102 valence electrons. The molecule has 0 spiro atoms. The first-order chi connectivity index (χ1) is 8.90. The second-order valence-corrected chi connectivity index (χ2v) is 3.69. The average molecular weight is 281 g/mol. The fourth-order valence-corrected chi connectivity index (χ4v) is 1.53. The molecule has 2 rings (SSSR count). The molecular formula is C14H17ClN2O2. The second-order valence-electron chi connectivity index (χ2n) is 3.69.